The zero-order chi connectivity index (χ0) is 30.2. The second-order valence-corrected chi connectivity index (χ2v) is 12.8. The first-order valence-electron chi connectivity index (χ1n) is 14.5. The number of rotatable bonds is 8. The van der Waals surface area contributed by atoms with Crippen molar-refractivity contribution in [2.24, 2.45) is 5.92 Å². The van der Waals surface area contributed by atoms with Crippen LogP contribution in [0.3, 0.4) is 0 Å². The number of anilines is 2. The van der Waals surface area contributed by atoms with Crippen LogP contribution in [0, 0.1) is 5.92 Å². The van der Waals surface area contributed by atoms with Gasteiger partial charge in [0.05, 0.1) is 37.0 Å². The number of amides is 3. The van der Waals surface area contributed by atoms with Crippen molar-refractivity contribution < 1.29 is 23.9 Å². The summed E-state index contributed by atoms with van der Waals surface area (Å²) in [4.78, 5) is 60.4. The number of morpholine rings is 1. The quantitative estimate of drug-likeness (QED) is 0.353. The lowest BCUT2D eigenvalue weighted by Gasteiger charge is -2.31. The molecular formula is C31H34N4O6S2. The molecule has 0 saturated carbocycles. The number of carbonyl (C=O) groups is 3. The zero-order valence-corrected chi connectivity index (χ0v) is 26.0. The van der Waals surface area contributed by atoms with Gasteiger partial charge in [0.25, 0.3) is 0 Å². The summed E-state index contributed by atoms with van der Waals surface area (Å²) in [5.74, 6) is -1.38. The summed E-state index contributed by atoms with van der Waals surface area (Å²) in [7, 11) is 1.56. The van der Waals surface area contributed by atoms with Crippen LogP contribution in [-0.4, -0.2) is 78.9 Å². The number of carbonyl (C=O) groups excluding carboxylic acids is 3. The van der Waals surface area contributed by atoms with Crippen LogP contribution in [0.25, 0.3) is 0 Å². The molecule has 10 nitrogen and oxygen atoms in total. The average Bonchev–Trinajstić information content (AvgIpc) is 3.48. The van der Waals surface area contributed by atoms with Crippen LogP contribution < -0.4 is 19.4 Å². The first kappa shape index (κ1) is 29.5. The maximum Gasteiger partial charge on any atom is 0.308 e. The first-order chi connectivity index (χ1) is 20.9. The van der Waals surface area contributed by atoms with E-state index in [9.17, 15) is 19.2 Å². The van der Waals surface area contributed by atoms with Gasteiger partial charge in [-0.15, -0.1) is 0 Å². The highest BCUT2D eigenvalue weighted by Crippen LogP contribution is 2.54. The topological polar surface area (TPSA) is 101 Å². The molecule has 2 aromatic carbocycles. The van der Waals surface area contributed by atoms with E-state index in [0.717, 1.165) is 40.6 Å². The molecule has 1 aromatic heterocycles. The molecule has 2 fully saturated rings. The number of aromatic nitrogens is 1. The number of nitrogens with zero attached hydrogens (tertiary/aromatic N) is 4. The van der Waals surface area contributed by atoms with Crippen molar-refractivity contribution >= 4 is 52.2 Å². The fourth-order valence-corrected chi connectivity index (χ4v) is 8.90. The Morgan fingerprint density at radius 3 is 2.28 bits per heavy atom. The van der Waals surface area contributed by atoms with Crippen molar-refractivity contribution in [2.75, 3.05) is 56.3 Å². The largest absolute Gasteiger partial charge is 0.497 e. The Kier molecular flexibility index (Phi) is 8.34. The van der Waals surface area contributed by atoms with Gasteiger partial charge in [0.2, 0.25) is 17.7 Å². The molecule has 43 heavy (non-hydrogen) atoms. The molecular weight excluding hydrogens is 588 g/mol. The number of thiazole rings is 1. The van der Waals surface area contributed by atoms with Crippen LogP contribution in [0.2, 0.25) is 0 Å². The predicted octanol–water partition coefficient (Wildman–Crippen LogP) is 3.42. The first-order valence-corrected chi connectivity index (χ1v) is 16.2. The summed E-state index contributed by atoms with van der Waals surface area (Å²) in [5, 5.41) is -0.151. The van der Waals surface area contributed by atoms with E-state index in [2.05, 4.69) is 18.7 Å². The summed E-state index contributed by atoms with van der Waals surface area (Å²) < 4.78 is 12.1. The molecule has 0 N–H and O–H groups in total. The number of hydrogen-bond acceptors (Lipinski definition) is 9. The smallest absolute Gasteiger partial charge is 0.308 e. The molecule has 0 unspecified atom stereocenters. The third kappa shape index (κ3) is 5.25. The minimum Gasteiger partial charge on any atom is -0.497 e. The summed E-state index contributed by atoms with van der Waals surface area (Å²) in [6, 6.07) is 14.9. The molecule has 3 aliphatic heterocycles. The van der Waals surface area contributed by atoms with Crippen LogP contribution in [0.4, 0.5) is 11.4 Å². The second-order valence-electron chi connectivity index (χ2n) is 10.6. The highest BCUT2D eigenvalue weighted by molar-refractivity contribution is 8.00. The summed E-state index contributed by atoms with van der Waals surface area (Å²) >= 11 is 2.29. The Morgan fingerprint density at radius 1 is 0.977 bits per heavy atom. The lowest BCUT2D eigenvalue weighted by atomic mass is 9.83. The summed E-state index contributed by atoms with van der Waals surface area (Å²) in [6.45, 7) is 7.67. The Balaban J connectivity index is 1.42. The van der Waals surface area contributed by atoms with E-state index < -0.39 is 17.1 Å². The number of thioether (sulfide) groups is 1. The second kappa shape index (κ2) is 12.2. The number of hydrogen-bond donors (Lipinski definition) is 0. The van der Waals surface area contributed by atoms with Gasteiger partial charge in [0, 0.05) is 42.7 Å². The molecule has 3 atom stereocenters. The maximum absolute atomic E-state index is 14.1. The van der Waals surface area contributed by atoms with E-state index in [-0.39, 0.29) is 29.1 Å². The van der Waals surface area contributed by atoms with Gasteiger partial charge in [-0.25, -0.2) is 4.90 Å². The third-order valence-electron chi connectivity index (χ3n) is 8.42. The van der Waals surface area contributed by atoms with Crippen LogP contribution in [0.1, 0.15) is 30.2 Å². The van der Waals surface area contributed by atoms with Gasteiger partial charge >= 0.3 is 4.87 Å². The van der Waals surface area contributed by atoms with Crippen LogP contribution in [-0.2, 0) is 25.7 Å². The minimum atomic E-state index is -0.742. The van der Waals surface area contributed by atoms with Gasteiger partial charge < -0.3 is 19.3 Å². The van der Waals surface area contributed by atoms with Crippen molar-refractivity contribution in [1.82, 2.24) is 9.47 Å². The molecule has 0 aliphatic carbocycles. The van der Waals surface area contributed by atoms with Gasteiger partial charge in [0.1, 0.15) is 17.5 Å². The minimum absolute atomic E-state index is 0.118. The lowest BCUT2D eigenvalue weighted by Crippen LogP contribution is -2.43. The molecule has 4 heterocycles. The van der Waals surface area contributed by atoms with E-state index in [1.54, 1.807) is 36.3 Å². The fraction of sp³-hybridized carbons (Fsp3) is 0.419. The van der Waals surface area contributed by atoms with E-state index in [1.165, 1.54) is 21.2 Å². The van der Waals surface area contributed by atoms with E-state index in [1.807, 2.05) is 24.3 Å². The lowest BCUT2D eigenvalue weighted by molar-refractivity contribution is -0.136. The van der Waals surface area contributed by atoms with Crippen molar-refractivity contribution in [2.45, 2.75) is 36.6 Å². The Bertz CT molecular complexity index is 1570. The van der Waals surface area contributed by atoms with Gasteiger partial charge in [-0.1, -0.05) is 35.2 Å². The van der Waals surface area contributed by atoms with Crippen molar-refractivity contribution in [1.29, 1.82) is 0 Å². The van der Waals surface area contributed by atoms with Crippen molar-refractivity contribution in [3.63, 3.8) is 0 Å². The molecule has 3 amide bonds. The molecule has 0 radical (unpaired) electrons. The number of imide groups is 1. The van der Waals surface area contributed by atoms with Gasteiger partial charge in [0.15, 0.2) is 0 Å². The highest BCUT2D eigenvalue weighted by atomic mass is 32.2. The highest BCUT2D eigenvalue weighted by Gasteiger charge is 2.56. The van der Waals surface area contributed by atoms with E-state index in [0.29, 0.717) is 42.8 Å². The Hall–Kier alpha value is -3.61. The molecule has 226 valence electrons. The van der Waals surface area contributed by atoms with Gasteiger partial charge in [-0.05, 0) is 55.8 Å². The predicted molar refractivity (Wildman–Crippen MR) is 166 cm³/mol. The standard InChI is InChI=1S/C31H34N4O6S2/c1-4-32(5-2)20-8-6-19(7-9-20)24-25-26(29(38)35(28(25)37)21-10-12-22(40-3)13-11-21)42-30-27(24)43-31(39)34(30)18-23(36)33-14-16-41-17-15-33/h6-13,24-26H,4-5,14-18H2,1-3H3/t24-,25-,26+/m0/s1. The Morgan fingerprint density at radius 2 is 1.65 bits per heavy atom. The van der Waals surface area contributed by atoms with Crippen LogP contribution >= 0.6 is 23.1 Å². The average molecular weight is 623 g/mol. The molecule has 2 saturated heterocycles. The van der Waals surface area contributed by atoms with Crippen LogP contribution in [0.5, 0.6) is 5.75 Å². The fourth-order valence-electron chi connectivity index (χ4n) is 6.13. The molecule has 0 spiro atoms. The van der Waals surface area contributed by atoms with Gasteiger partial charge in [-0.2, -0.15) is 0 Å². The molecule has 6 rings (SSSR count). The van der Waals surface area contributed by atoms with E-state index >= 15 is 0 Å². The summed E-state index contributed by atoms with van der Waals surface area (Å²) in [6.07, 6.45) is 0. The maximum atomic E-state index is 14.1. The van der Waals surface area contributed by atoms with Crippen LogP contribution in [0.15, 0.2) is 58.4 Å². The number of fused-ring (bicyclic) bond motifs is 2. The Labute approximate surface area is 258 Å². The number of methoxy groups -OCH3 is 1. The summed E-state index contributed by atoms with van der Waals surface area (Å²) in [5.41, 5.74) is 2.40. The normalized spacial score (nSPS) is 21.5. The van der Waals surface area contributed by atoms with Gasteiger partial charge in [-0.3, -0.25) is 23.7 Å². The SMILES string of the molecule is CCN(CC)c1ccc([C@@H]2c3sc(=O)n(CC(=O)N4CCOCC4)c3S[C@H]3C(=O)N(c4ccc(OC)cc4)C(=O)[C@@H]23)cc1. The molecule has 12 heteroatoms. The van der Waals surface area contributed by atoms with E-state index in [4.69, 9.17) is 9.47 Å². The monoisotopic (exact) mass is 622 g/mol. The number of ether oxygens (including phenoxy) is 2. The molecule has 3 aliphatic rings. The zero-order valence-electron chi connectivity index (χ0n) is 24.4. The molecule has 0 bridgehead atoms. The van der Waals surface area contributed by atoms with Crippen molar-refractivity contribution in [3.05, 3.63) is 68.6 Å². The third-order valence-corrected chi connectivity index (χ3v) is 11.0. The van der Waals surface area contributed by atoms with Crippen molar-refractivity contribution in [3.8, 4) is 5.75 Å². The molecule has 3 aromatic rings. The number of benzene rings is 2.